The van der Waals surface area contributed by atoms with Gasteiger partial charge in [-0.25, -0.2) is 9.36 Å². The first-order chi connectivity index (χ1) is 13.5. The highest BCUT2D eigenvalue weighted by atomic mass is 31.2. The number of amides is 1. The van der Waals surface area contributed by atoms with Gasteiger partial charge in [-0.1, -0.05) is 78.9 Å². The molecular formula is C21H20NO5P. The Morgan fingerprint density at radius 2 is 1.43 bits per heavy atom. The van der Waals surface area contributed by atoms with E-state index in [-0.39, 0.29) is 12.4 Å². The molecule has 2 N–H and O–H groups in total. The molecule has 0 aliphatic carbocycles. The van der Waals surface area contributed by atoms with Crippen molar-refractivity contribution in [3.05, 3.63) is 102 Å². The van der Waals surface area contributed by atoms with Gasteiger partial charge in [0.1, 0.15) is 12.4 Å². The number of hydrogen-bond donors (Lipinski definition) is 2. The van der Waals surface area contributed by atoms with Crippen LogP contribution in [0, 0.1) is 0 Å². The lowest BCUT2D eigenvalue weighted by Crippen LogP contribution is -2.30. The number of carbonyl (C=O) groups excluding carboxylic acids is 1. The molecule has 2 unspecified atom stereocenters. The molecule has 0 radical (unpaired) electrons. The molecule has 2 atom stereocenters. The zero-order valence-electron chi connectivity index (χ0n) is 15.0. The zero-order valence-corrected chi connectivity index (χ0v) is 15.9. The molecule has 0 saturated heterocycles. The van der Waals surface area contributed by atoms with Gasteiger partial charge in [-0.15, -0.1) is 0 Å². The molecule has 0 heterocycles. The third-order valence-electron chi connectivity index (χ3n) is 3.89. The van der Waals surface area contributed by atoms with Crippen molar-refractivity contribution in [3.63, 3.8) is 0 Å². The molecule has 0 bridgehead atoms. The van der Waals surface area contributed by atoms with Crippen LogP contribution in [0.4, 0.5) is 4.79 Å². The number of ether oxygens (including phenoxy) is 1. The highest BCUT2D eigenvalue weighted by Gasteiger charge is 2.37. The van der Waals surface area contributed by atoms with Crippen molar-refractivity contribution in [2.45, 2.75) is 12.4 Å². The Kier molecular flexibility index (Phi) is 6.48. The Morgan fingerprint density at radius 1 is 0.893 bits per heavy atom. The molecule has 0 fully saturated rings. The quantitative estimate of drug-likeness (QED) is 0.555. The Balaban J connectivity index is 1.75. The number of hydrogen-bond acceptors (Lipinski definition) is 4. The molecule has 3 aromatic rings. The molecule has 144 valence electrons. The lowest BCUT2D eigenvalue weighted by atomic mass is 10.2. The molecule has 7 heteroatoms. The lowest BCUT2D eigenvalue weighted by Gasteiger charge is -2.24. The predicted octanol–water partition coefficient (Wildman–Crippen LogP) is 4.88. The lowest BCUT2D eigenvalue weighted by molar-refractivity contribution is 0.137. The maximum Gasteiger partial charge on any atom is 0.408 e. The largest absolute Gasteiger partial charge is 0.445 e. The first kappa shape index (κ1) is 19.7. The number of carbonyl (C=O) groups is 1. The van der Waals surface area contributed by atoms with Gasteiger partial charge < -0.3 is 19.5 Å². The molecule has 0 saturated carbocycles. The minimum absolute atomic E-state index is 0.0451. The summed E-state index contributed by atoms with van der Waals surface area (Å²) in [6.07, 6.45) is -0.816. The van der Waals surface area contributed by atoms with E-state index in [1.807, 2.05) is 30.3 Å². The summed E-state index contributed by atoms with van der Waals surface area (Å²) >= 11 is 0. The van der Waals surface area contributed by atoms with Crippen LogP contribution in [-0.4, -0.2) is 11.0 Å². The summed E-state index contributed by atoms with van der Waals surface area (Å²) in [4.78, 5) is 22.9. The van der Waals surface area contributed by atoms with Gasteiger partial charge in [0, 0.05) is 0 Å². The fourth-order valence-corrected chi connectivity index (χ4v) is 3.90. The molecule has 1 amide bonds. The monoisotopic (exact) mass is 397 g/mol. The maximum atomic E-state index is 13.0. The summed E-state index contributed by atoms with van der Waals surface area (Å²) in [7, 11) is -4.31. The summed E-state index contributed by atoms with van der Waals surface area (Å²) in [5, 5.41) is 2.46. The van der Waals surface area contributed by atoms with E-state index in [2.05, 4.69) is 5.32 Å². The molecule has 0 aromatic heterocycles. The van der Waals surface area contributed by atoms with Crippen molar-refractivity contribution in [1.29, 1.82) is 0 Å². The van der Waals surface area contributed by atoms with Crippen LogP contribution in [-0.2, 0) is 15.9 Å². The highest BCUT2D eigenvalue weighted by Crippen LogP contribution is 2.54. The summed E-state index contributed by atoms with van der Waals surface area (Å²) in [5.41, 5.74) is 1.24. The van der Waals surface area contributed by atoms with Gasteiger partial charge >= 0.3 is 13.7 Å². The van der Waals surface area contributed by atoms with Crippen molar-refractivity contribution in [2.24, 2.45) is 0 Å². The van der Waals surface area contributed by atoms with E-state index >= 15 is 0 Å². The SMILES string of the molecule is O=C(NC(c1ccccc1)P(=O)(O)Oc1ccccc1)OCc1ccccc1. The minimum atomic E-state index is -4.31. The normalized spacial score (nSPS) is 13.8. The second-order valence-electron chi connectivity index (χ2n) is 5.99. The molecule has 0 aliphatic heterocycles. The molecule has 0 spiro atoms. The van der Waals surface area contributed by atoms with Crippen LogP contribution in [0.5, 0.6) is 5.75 Å². The van der Waals surface area contributed by atoms with Gasteiger partial charge in [0.05, 0.1) is 0 Å². The van der Waals surface area contributed by atoms with E-state index in [4.69, 9.17) is 9.26 Å². The van der Waals surface area contributed by atoms with Crippen molar-refractivity contribution < 1.29 is 23.5 Å². The van der Waals surface area contributed by atoms with Gasteiger partial charge in [0.2, 0.25) is 0 Å². The second kappa shape index (κ2) is 9.22. The van der Waals surface area contributed by atoms with E-state index in [9.17, 15) is 14.3 Å². The van der Waals surface area contributed by atoms with Crippen LogP contribution in [0.15, 0.2) is 91.0 Å². The summed E-state index contributed by atoms with van der Waals surface area (Å²) in [6.45, 7) is 0.0451. The minimum Gasteiger partial charge on any atom is -0.445 e. The molecule has 3 aromatic carbocycles. The van der Waals surface area contributed by atoms with Gasteiger partial charge in [-0.3, -0.25) is 0 Å². The molecule has 28 heavy (non-hydrogen) atoms. The van der Waals surface area contributed by atoms with E-state index in [1.165, 1.54) is 0 Å². The fraction of sp³-hybridized carbons (Fsp3) is 0.0952. The smallest absolute Gasteiger partial charge is 0.408 e. The molecular weight excluding hydrogens is 377 g/mol. The summed E-state index contributed by atoms with van der Waals surface area (Å²) in [5.74, 6) is -1.05. The number of para-hydroxylation sites is 1. The van der Waals surface area contributed by atoms with Gasteiger partial charge in [-0.05, 0) is 23.3 Å². The topological polar surface area (TPSA) is 84.9 Å². The fourth-order valence-electron chi connectivity index (χ4n) is 2.55. The average molecular weight is 397 g/mol. The van der Waals surface area contributed by atoms with Crippen molar-refractivity contribution in [3.8, 4) is 5.75 Å². The Morgan fingerprint density at radius 3 is 2.04 bits per heavy atom. The molecule has 0 aliphatic rings. The van der Waals surface area contributed by atoms with E-state index in [0.717, 1.165) is 5.56 Å². The first-order valence-corrected chi connectivity index (χ1v) is 10.3. The van der Waals surface area contributed by atoms with Gasteiger partial charge in [-0.2, -0.15) is 0 Å². The van der Waals surface area contributed by atoms with E-state index < -0.39 is 19.5 Å². The summed E-state index contributed by atoms with van der Waals surface area (Å²) < 4.78 is 23.5. The third kappa shape index (κ3) is 5.46. The standard InChI is InChI=1S/C21H20NO5P/c23-21(26-16-17-10-4-1-5-11-17)22-20(18-12-6-2-7-13-18)28(24,25)27-19-14-8-3-9-15-19/h1-15,20H,16H2,(H,22,23)(H,24,25). The van der Waals surface area contributed by atoms with Gasteiger partial charge in [0.15, 0.2) is 5.78 Å². The van der Waals surface area contributed by atoms with E-state index in [1.54, 1.807) is 60.7 Å². The number of rotatable bonds is 7. The maximum absolute atomic E-state index is 13.0. The Labute approximate surface area is 163 Å². The number of alkyl carbamates (subject to hydrolysis) is 1. The summed E-state index contributed by atoms with van der Waals surface area (Å²) in [6, 6.07) is 25.9. The molecule has 6 nitrogen and oxygen atoms in total. The van der Waals surface area contributed by atoms with Gasteiger partial charge in [0.25, 0.3) is 0 Å². The van der Waals surface area contributed by atoms with Crippen LogP contribution >= 0.6 is 7.60 Å². The highest BCUT2D eigenvalue weighted by molar-refractivity contribution is 7.53. The van der Waals surface area contributed by atoms with Crippen LogP contribution < -0.4 is 9.84 Å². The van der Waals surface area contributed by atoms with Crippen molar-refractivity contribution in [2.75, 3.05) is 0 Å². The predicted molar refractivity (Wildman–Crippen MR) is 106 cm³/mol. The average Bonchev–Trinajstić information content (AvgIpc) is 2.72. The Hall–Kier alpha value is -3.08. The van der Waals surface area contributed by atoms with Crippen molar-refractivity contribution in [1.82, 2.24) is 5.32 Å². The number of nitrogens with one attached hydrogen (secondary N) is 1. The third-order valence-corrected chi connectivity index (χ3v) is 5.44. The van der Waals surface area contributed by atoms with Crippen LogP contribution in [0.25, 0.3) is 0 Å². The van der Waals surface area contributed by atoms with Crippen molar-refractivity contribution >= 4 is 13.7 Å². The number of benzene rings is 3. The van der Waals surface area contributed by atoms with E-state index in [0.29, 0.717) is 5.56 Å². The van der Waals surface area contributed by atoms with Crippen LogP contribution in [0.2, 0.25) is 0 Å². The molecule has 3 rings (SSSR count). The second-order valence-corrected chi connectivity index (χ2v) is 7.81. The Bertz CT molecular complexity index is 935. The zero-order chi connectivity index (χ0) is 19.8. The van der Waals surface area contributed by atoms with Crippen LogP contribution in [0.3, 0.4) is 0 Å². The first-order valence-electron chi connectivity index (χ1n) is 8.64. The van der Waals surface area contributed by atoms with Crippen LogP contribution in [0.1, 0.15) is 16.9 Å².